The Balaban J connectivity index is 1.39. The fourth-order valence-corrected chi connectivity index (χ4v) is 5.07. The Hall–Kier alpha value is -1.86. The van der Waals surface area contributed by atoms with Crippen LogP contribution in [0, 0.1) is 0 Å². The van der Waals surface area contributed by atoms with Crippen LogP contribution in [0.4, 0.5) is 0 Å². The van der Waals surface area contributed by atoms with Gasteiger partial charge in [0.2, 0.25) is 5.43 Å². The number of halogens is 1. The molecule has 0 amide bonds. The zero-order chi connectivity index (χ0) is 22.5. The van der Waals surface area contributed by atoms with Crippen LogP contribution in [0.15, 0.2) is 35.1 Å². The summed E-state index contributed by atoms with van der Waals surface area (Å²) < 4.78 is 2.04. The van der Waals surface area contributed by atoms with Gasteiger partial charge in [-0.25, -0.2) is 0 Å². The molecule has 0 bridgehead atoms. The van der Waals surface area contributed by atoms with Crippen LogP contribution in [0.2, 0.25) is 5.02 Å². The van der Waals surface area contributed by atoms with Crippen molar-refractivity contribution >= 4 is 11.6 Å². The largest absolute Gasteiger partial charge is 0.503 e. The quantitative estimate of drug-likeness (QED) is 0.718. The molecule has 2 aliphatic rings. The van der Waals surface area contributed by atoms with E-state index in [9.17, 15) is 9.90 Å². The van der Waals surface area contributed by atoms with Gasteiger partial charge < -0.3 is 9.67 Å². The van der Waals surface area contributed by atoms with Gasteiger partial charge in [-0.3, -0.25) is 19.5 Å². The molecule has 4 rings (SSSR count). The minimum absolute atomic E-state index is 0.103. The molecule has 1 aromatic carbocycles. The highest BCUT2D eigenvalue weighted by molar-refractivity contribution is 6.30. The first-order valence-corrected chi connectivity index (χ1v) is 12.2. The normalized spacial score (nSPS) is 19.2. The van der Waals surface area contributed by atoms with Gasteiger partial charge in [0.15, 0.2) is 5.75 Å². The fourth-order valence-electron chi connectivity index (χ4n) is 4.86. The molecule has 0 aliphatic carbocycles. The van der Waals surface area contributed by atoms with E-state index in [1.807, 2.05) is 29.8 Å². The lowest BCUT2D eigenvalue weighted by Crippen LogP contribution is -2.45. The van der Waals surface area contributed by atoms with Crippen LogP contribution in [0.5, 0.6) is 5.75 Å². The first-order chi connectivity index (χ1) is 15.5. The van der Waals surface area contributed by atoms with E-state index in [0.29, 0.717) is 6.54 Å². The Labute approximate surface area is 196 Å². The summed E-state index contributed by atoms with van der Waals surface area (Å²) in [5, 5.41) is 11.3. The number of nitrogens with zero attached hydrogens (tertiary/aromatic N) is 4. The van der Waals surface area contributed by atoms with Crippen LogP contribution >= 0.6 is 11.6 Å². The first-order valence-electron chi connectivity index (χ1n) is 11.8. The summed E-state index contributed by atoms with van der Waals surface area (Å²) in [5.74, 6) is -0.103. The minimum atomic E-state index is -0.262. The highest BCUT2D eigenvalue weighted by Gasteiger charge is 2.22. The van der Waals surface area contributed by atoms with E-state index in [1.54, 1.807) is 6.07 Å². The molecule has 3 heterocycles. The Morgan fingerprint density at radius 1 is 0.844 bits per heavy atom. The highest BCUT2D eigenvalue weighted by atomic mass is 35.5. The highest BCUT2D eigenvalue weighted by Crippen LogP contribution is 2.20. The van der Waals surface area contributed by atoms with Gasteiger partial charge in [-0.15, -0.1) is 0 Å². The summed E-state index contributed by atoms with van der Waals surface area (Å²) in [7, 11) is 1.98. The van der Waals surface area contributed by atoms with E-state index in [2.05, 4.69) is 20.8 Å². The van der Waals surface area contributed by atoms with Gasteiger partial charge in [-0.05, 0) is 43.6 Å². The summed E-state index contributed by atoms with van der Waals surface area (Å²) in [4.78, 5) is 19.7. The fraction of sp³-hybridized carbons (Fsp3) is 0.560. The van der Waals surface area contributed by atoms with Gasteiger partial charge in [-0.2, -0.15) is 0 Å². The number of hydrogen-bond acceptors (Lipinski definition) is 5. The van der Waals surface area contributed by atoms with E-state index >= 15 is 0 Å². The van der Waals surface area contributed by atoms with Gasteiger partial charge in [0.05, 0.1) is 5.69 Å². The van der Waals surface area contributed by atoms with Crippen LogP contribution < -0.4 is 5.43 Å². The van der Waals surface area contributed by atoms with Crippen molar-refractivity contribution in [1.82, 2.24) is 19.3 Å². The van der Waals surface area contributed by atoms with Crippen molar-refractivity contribution in [3.8, 4) is 5.75 Å². The lowest BCUT2D eigenvalue weighted by molar-refractivity contribution is 0.119. The number of aromatic hydroxyl groups is 1. The molecule has 2 fully saturated rings. The van der Waals surface area contributed by atoms with Gasteiger partial charge in [0, 0.05) is 69.6 Å². The van der Waals surface area contributed by atoms with E-state index in [-0.39, 0.29) is 11.2 Å². The molecule has 2 aliphatic heterocycles. The van der Waals surface area contributed by atoms with Crippen LogP contribution in [0.3, 0.4) is 0 Å². The molecular formula is C25H35ClN4O2. The Morgan fingerprint density at radius 2 is 1.47 bits per heavy atom. The van der Waals surface area contributed by atoms with E-state index in [1.165, 1.54) is 31.2 Å². The van der Waals surface area contributed by atoms with Crippen LogP contribution in [-0.4, -0.2) is 63.6 Å². The third-order valence-corrected chi connectivity index (χ3v) is 7.09. The number of hydrogen-bond donors (Lipinski definition) is 1. The molecule has 174 valence electrons. The third-order valence-electron chi connectivity index (χ3n) is 6.86. The zero-order valence-corrected chi connectivity index (χ0v) is 19.9. The topological polar surface area (TPSA) is 52.0 Å². The maximum Gasteiger partial charge on any atom is 0.223 e. The van der Waals surface area contributed by atoms with Crippen LogP contribution in [0.1, 0.15) is 42.6 Å². The summed E-state index contributed by atoms with van der Waals surface area (Å²) in [6, 6.07) is 9.66. The summed E-state index contributed by atoms with van der Waals surface area (Å²) in [6.45, 7) is 8.14. The van der Waals surface area contributed by atoms with Crippen molar-refractivity contribution in [2.45, 2.75) is 45.3 Å². The second-order valence-electron chi connectivity index (χ2n) is 9.23. The number of piperazine rings is 1. The van der Waals surface area contributed by atoms with Gasteiger partial charge in [-0.1, -0.05) is 36.6 Å². The van der Waals surface area contributed by atoms with Gasteiger partial charge >= 0.3 is 0 Å². The molecule has 7 heteroatoms. The molecule has 0 radical (unpaired) electrons. The standard InChI is InChI=1S/C25H35ClN4O2/c1-27-22(18-28-9-4-2-3-5-10-28)16-24(31)25(32)23(27)19-30-13-11-29(12-14-30)17-20-7-6-8-21(26)15-20/h6-8,15-16,32H,2-5,9-14,17-19H2,1H3. The molecule has 0 spiro atoms. The maximum absolute atomic E-state index is 12.5. The van der Waals surface area contributed by atoms with Gasteiger partial charge in [0.25, 0.3) is 0 Å². The van der Waals surface area contributed by atoms with Crippen molar-refractivity contribution in [1.29, 1.82) is 0 Å². The van der Waals surface area contributed by atoms with Crippen LogP contribution in [0.25, 0.3) is 0 Å². The first kappa shape index (κ1) is 23.3. The summed E-state index contributed by atoms with van der Waals surface area (Å²) in [5.41, 5.74) is 2.68. The van der Waals surface area contributed by atoms with Crippen molar-refractivity contribution in [2.24, 2.45) is 7.05 Å². The molecule has 2 aromatic rings. The second kappa shape index (κ2) is 10.8. The Kier molecular flexibility index (Phi) is 7.89. The van der Waals surface area contributed by atoms with Crippen molar-refractivity contribution in [3.05, 3.63) is 62.5 Å². The van der Waals surface area contributed by atoms with Gasteiger partial charge in [0.1, 0.15) is 0 Å². The predicted molar refractivity (Wildman–Crippen MR) is 129 cm³/mol. The molecule has 6 nitrogen and oxygen atoms in total. The monoisotopic (exact) mass is 458 g/mol. The summed E-state index contributed by atoms with van der Waals surface area (Å²) >= 11 is 6.12. The SMILES string of the molecule is Cn1c(CN2CCCCCC2)cc(=O)c(O)c1CN1CCN(Cc2cccc(Cl)c2)CC1. The maximum atomic E-state index is 12.5. The molecular weight excluding hydrogens is 424 g/mol. The van der Waals surface area contributed by atoms with E-state index < -0.39 is 0 Å². The Bertz CT molecular complexity index is 961. The molecule has 0 saturated carbocycles. The smallest absolute Gasteiger partial charge is 0.223 e. The zero-order valence-electron chi connectivity index (χ0n) is 19.1. The van der Waals surface area contributed by atoms with Crippen molar-refractivity contribution in [3.63, 3.8) is 0 Å². The molecule has 32 heavy (non-hydrogen) atoms. The van der Waals surface area contributed by atoms with Crippen molar-refractivity contribution in [2.75, 3.05) is 39.3 Å². The summed E-state index contributed by atoms with van der Waals surface area (Å²) in [6.07, 6.45) is 5.02. The Morgan fingerprint density at radius 3 is 2.12 bits per heavy atom. The minimum Gasteiger partial charge on any atom is -0.503 e. The van der Waals surface area contributed by atoms with Crippen LogP contribution in [-0.2, 0) is 26.7 Å². The molecule has 1 aromatic heterocycles. The van der Waals surface area contributed by atoms with E-state index in [0.717, 1.165) is 68.8 Å². The molecule has 2 saturated heterocycles. The molecule has 0 atom stereocenters. The third kappa shape index (κ3) is 5.93. The molecule has 0 unspecified atom stereocenters. The number of pyridine rings is 1. The second-order valence-corrected chi connectivity index (χ2v) is 9.66. The lowest BCUT2D eigenvalue weighted by atomic mass is 10.2. The number of rotatable bonds is 6. The lowest BCUT2D eigenvalue weighted by Gasteiger charge is -2.35. The van der Waals surface area contributed by atoms with Crippen molar-refractivity contribution < 1.29 is 5.11 Å². The molecule has 1 N–H and O–H groups in total. The predicted octanol–water partition coefficient (Wildman–Crippen LogP) is 3.44. The number of likely N-dealkylation sites (tertiary alicyclic amines) is 1. The average molecular weight is 459 g/mol. The van der Waals surface area contributed by atoms with E-state index in [4.69, 9.17) is 11.6 Å². The number of aromatic nitrogens is 1. The average Bonchev–Trinajstić information content (AvgIpc) is 3.05. The number of benzene rings is 1.